The molecule has 3 heteroatoms. The van der Waals surface area contributed by atoms with Crippen LogP contribution >= 0.6 is 0 Å². The number of rotatable bonds is 2. The van der Waals surface area contributed by atoms with Crippen LogP contribution in [0.2, 0.25) is 0 Å². The van der Waals surface area contributed by atoms with Gasteiger partial charge in [0.05, 0.1) is 14.2 Å². The maximum Gasteiger partial charge on any atom is 0.161 e. The first-order valence-electron chi connectivity index (χ1n) is 8.30. The smallest absolute Gasteiger partial charge is 0.161 e. The molecular weight excluding hydrogens is 262 g/mol. The lowest BCUT2D eigenvalue weighted by Gasteiger charge is -2.53. The average molecular weight is 287 g/mol. The number of methoxy groups -OCH3 is 2. The van der Waals surface area contributed by atoms with Gasteiger partial charge in [0.25, 0.3) is 0 Å². The molecule has 1 saturated heterocycles. The van der Waals surface area contributed by atoms with E-state index in [2.05, 4.69) is 17.0 Å². The van der Waals surface area contributed by atoms with E-state index >= 15 is 0 Å². The zero-order valence-electron chi connectivity index (χ0n) is 13.2. The normalized spacial score (nSPS) is 31.2. The summed E-state index contributed by atoms with van der Waals surface area (Å²) in [5.41, 5.74) is 3.32. The molecule has 2 heterocycles. The topological polar surface area (TPSA) is 21.7 Å². The molecule has 114 valence electrons. The molecule has 0 N–H and O–H groups in total. The van der Waals surface area contributed by atoms with Crippen molar-refractivity contribution in [3.63, 3.8) is 0 Å². The van der Waals surface area contributed by atoms with Crippen LogP contribution in [-0.2, 0) is 12.0 Å². The number of piperidine rings is 1. The van der Waals surface area contributed by atoms with Gasteiger partial charge in [-0.3, -0.25) is 4.90 Å². The molecule has 2 fully saturated rings. The van der Waals surface area contributed by atoms with Gasteiger partial charge >= 0.3 is 0 Å². The Hall–Kier alpha value is -1.22. The second-order valence-corrected chi connectivity index (χ2v) is 6.76. The minimum atomic E-state index is 0.297. The van der Waals surface area contributed by atoms with Crippen molar-refractivity contribution in [1.29, 1.82) is 0 Å². The first-order chi connectivity index (χ1) is 10.3. The van der Waals surface area contributed by atoms with Crippen LogP contribution in [0.15, 0.2) is 12.1 Å². The molecule has 1 aliphatic carbocycles. The van der Waals surface area contributed by atoms with Crippen molar-refractivity contribution in [3.8, 4) is 11.5 Å². The molecule has 2 aliphatic heterocycles. The van der Waals surface area contributed by atoms with Gasteiger partial charge in [-0.15, -0.1) is 0 Å². The standard InChI is InChI=1S/C18H25NO2/c1-20-16-11-13-7-10-19-9-4-6-14-5-3-8-18(14,19)15(13)12-17(16)21-2/h11-12,14H,3-10H2,1-2H3. The summed E-state index contributed by atoms with van der Waals surface area (Å²) in [6.45, 7) is 2.48. The largest absolute Gasteiger partial charge is 0.493 e. The predicted molar refractivity (Wildman–Crippen MR) is 83.1 cm³/mol. The van der Waals surface area contributed by atoms with Gasteiger partial charge in [0.2, 0.25) is 0 Å². The molecule has 0 bridgehead atoms. The molecule has 0 radical (unpaired) electrons. The van der Waals surface area contributed by atoms with Crippen molar-refractivity contribution in [2.45, 2.75) is 44.1 Å². The number of nitrogens with zero attached hydrogens (tertiary/aromatic N) is 1. The Kier molecular flexibility index (Phi) is 3.14. The summed E-state index contributed by atoms with van der Waals surface area (Å²) >= 11 is 0. The van der Waals surface area contributed by atoms with Gasteiger partial charge in [0, 0.05) is 12.1 Å². The fourth-order valence-electron chi connectivity index (χ4n) is 5.21. The summed E-state index contributed by atoms with van der Waals surface area (Å²) in [5, 5.41) is 0. The average Bonchev–Trinajstić information content (AvgIpc) is 2.96. The van der Waals surface area contributed by atoms with Crippen LogP contribution in [0.4, 0.5) is 0 Å². The zero-order chi connectivity index (χ0) is 14.4. The summed E-state index contributed by atoms with van der Waals surface area (Å²) < 4.78 is 11.1. The minimum absolute atomic E-state index is 0.297. The first-order valence-corrected chi connectivity index (χ1v) is 8.30. The van der Waals surface area contributed by atoms with E-state index < -0.39 is 0 Å². The summed E-state index contributed by atoms with van der Waals surface area (Å²) in [6, 6.07) is 4.51. The Morgan fingerprint density at radius 3 is 2.62 bits per heavy atom. The summed E-state index contributed by atoms with van der Waals surface area (Å²) in [6.07, 6.45) is 7.99. The summed E-state index contributed by atoms with van der Waals surface area (Å²) in [5.74, 6) is 2.61. The van der Waals surface area contributed by atoms with Crippen LogP contribution in [0, 0.1) is 5.92 Å². The molecule has 0 amide bonds. The van der Waals surface area contributed by atoms with Gasteiger partial charge < -0.3 is 9.47 Å². The van der Waals surface area contributed by atoms with Crippen molar-refractivity contribution < 1.29 is 9.47 Å². The monoisotopic (exact) mass is 287 g/mol. The number of hydrogen-bond donors (Lipinski definition) is 0. The van der Waals surface area contributed by atoms with Crippen LogP contribution in [0.5, 0.6) is 11.5 Å². The molecule has 3 aliphatic rings. The predicted octanol–water partition coefficient (Wildman–Crippen LogP) is 3.35. The number of ether oxygens (including phenoxy) is 2. The maximum absolute atomic E-state index is 5.58. The lowest BCUT2D eigenvalue weighted by atomic mass is 9.70. The van der Waals surface area contributed by atoms with Gasteiger partial charge in [-0.1, -0.05) is 6.42 Å². The highest BCUT2D eigenvalue weighted by molar-refractivity contribution is 5.51. The van der Waals surface area contributed by atoms with Gasteiger partial charge in [-0.05, 0) is 67.8 Å². The summed E-state index contributed by atoms with van der Waals surface area (Å²) in [4.78, 5) is 2.78. The molecular formula is C18H25NO2. The number of hydrogen-bond acceptors (Lipinski definition) is 3. The number of benzene rings is 1. The molecule has 0 aromatic heterocycles. The minimum Gasteiger partial charge on any atom is -0.493 e. The van der Waals surface area contributed by atoms with E-state index in [4.69, 9.17) is 9.47 Å². The Morgan fingerprint density at radius 1 is 1.05 bits per heavy atom. The highest BCUT2D eigenvalue weighted by Crippen LogP contribution is 2.56. The van der Waals surface area contributed by atoms with E-state index in [1.54, 1.807) is 14.2 Å². The second kappa shape index (κ2) is 4.91. The van der Waals surface area contributed by atoms with Gasteiger partial charge in [-0.2, -0.15) is 0 Å². The lowest BCUT2D eigenvalue weighted by molar-refractivity contribution is 0.000690. The Labute approximate surface area is 127 Å². The molecule has 21 heavy (non-hydrogen) atoms. The fraction of sp³-hybridized carbons (Fsp3) is 0.667. The zero-order valence-corrected chi connectivity index (χ0v) is 13.2. The quantitative estimate of drug-likeness (QED) is 0.832. The molecule has 2 unspecified atom stereocenters. The molecule has 1 aromatic rings. The Morgan fingerprint density at radius 2 is 1.81 bits per heavy atom. The van der Waals surface area contributed by atoms with E-state index in [0.717, 1.165) is 23.8 Å². The van der Waals surface area contributed by atoms with Gasteiger partial charge in [0.15, 0.2) is 11.5 Å². The van der Waals surface area contributed by atoms with E-state index in [-0.39, 0.29) is 0 Å². The lowest BCUT2D eigenvalue weighted by Crippen LogP contribution is -2.55. The Bertz CT molecular complexity index is 556. The van der Waals surface area contributed by atoms with Gasteiger partial charge in [-0.25, -0.2) is 0 Å². The number of fused-ring (bicyclic) bond motifs is 1. The van der Waals surface area contributed by atoms with Crippen molar-refractivity contribution in [2.24, 2.45) is 5.92 Å². The molecule has 1 spiro atoms. The van der Waals surface area contributed by atoms with Crippen LogP contribution < -0.4 is 9.47 Å². The van der Waals surface area contributed by atoms with Crippen LogP contribution in [0.3, 0.4) is 0 Å². The van der Waals surface area contributed by atoms with Crippen molar-refractivity contribution in [1.82, 2.24) is 4.90 Å². The Balaban J connectivity index is 1.89. The SMILES string of the molecule is COc1cc2c(cc1OC)C13CCCC1CCCN3CC2. The first kappa shape index (κ1) is 13.4. The van der Waals surface area contributed by atoms with E-state index in [0.29, 0.717) is 5.54 Å². The molecule has 1 aromatic carbocycles. The van der Waals surface area contributed by atoms with E-state index in [9.17, 15) is 0 Å². The van der Waals surface area contributed by atoms with Gasteiger partial charge in [0.1, 0.15) is 0 Å². The van der Waals surface area contributed by atoms with Crippen LogP contribution in [-0.4, -0.2) is 32.2 Å². The molecule has 1 saturated carbocycles. The van der Waals surface area contributed by atoms with Crippen molar-refractivity contribution in [3.05, 3.63) is 23.3 Å². The third-order valence-corrected chi connectivity index (χ3v) is 6.06. The molecule has 3 nitrogen and oxygen atoms in total. The van der Waals surface area contributed by atoms with E-state index in [1.165, 1.54) is 56.3 Å². The van der Waals surface area contributed by atoms with E-state index in [1.807, 2.05) is 0 Å². The fourth-order valence-corrected chi connectivity index (χ4v) is 5.21. The third kappa shape index (κ3) is 1.76. The van der Waals surface area contributed by atoms with Crippen molar-refractivity contribution in [2.75, 3.05) is 27.3 Å². The summed E-state index contributed by atoms with van der Waals surface area (Å²) in [7, 11) is 3.48. The maximum atomic E-state index is 5.58. The van der Waals surface area contributed by atoms with Crippen molar-refractivity contribution >= 4 is 0 Å². The highest BCUT2D eigenvalue weighted by Gasteiger charge is 2.52. The molecule has 4 rings (SSSR count). The van der Waals surface area contributed by atoms with Crippen LogP contribution in [0.1, 0.15) is 43.2 Å². The second-order valence-electron chi connectivity index (χ2n) is 6.76. The highest BCUT2D eigenvalue weighted by atomic mass is 16.5. The molecule has 2 atom stereocenters. The third-order valence-electron chi connectivity index (χ3n) is 6.06. The van der Waals surface area contributed by atoms with Crippen LogP contribution in [0.25, 0.3) is 0 Å².